The van der Waals surface area contributed by atoms with Gasteiger partial charge in [-0.2, -0.15) is 0 Å². The van der Waals surface area contributed by atoms with Crippen LogP contribution in [0.1, 0.15) is 26.3 Å². The average molecular weight is 426 g/mol. The number of nitrogens with zero attached hydrogens (tertiary/aromatic N) is 3. The summed E-state index contributed by atoms with van der Waals surface area (Å²) in [6.45, 7) is 5.95. The number of imide groups is 1. The molecular weight excluding hydrogens is 398 g/mol. The van der Waals surface area contributed by atoms with E-state index in [1.54, 1.807) is 0 Å². The highest BCUT2D eigenvalue weighted by Crippen LogP contribution is 2.29. The van der Waals surface area contributed by atoms with Crippen molar-refractivity contribution in [3.63, 3.8) is 0 Å². The van der Waals surface area contributed by atoms with Gasteiger partial charge in [0.25, 0.3) is 11.8 Å². The van der Waals surface area contributed by atoms with Crippen LogP contribution in [0.4, 0.5) is 0 Å². The van der Waals surface area contributed by atoms with Crippen molar-refractivity contribution in [3.05, 3.63) is 89.5 Å². The molecule has 2 aliphatic heterocycles. The van der Waals surface area contributed by atoms with Crippen LogP contribution >= 0.6 is 0 Å². The Morgan fingerprint density at radius 3 is 1.97 bits per heavy atom. The monoisotopic (exact) mass is 425 g/mol. The first-order valence-electron chi connectivity index (χ1n) is 11.2. The predicted octanol–water partition coefficient (Wildman–Crippen LogP) is 3.77. The van der Waals surface area contributed by atoms with Crippen LogP contribution in [-0.2, 0) is 0 Å². The lowest BCUT2D eigenvalue weighted by Crippen LogP contribution is -2.50. The highest BCUT2D eigenvalue weighted by atomic mass is 16.2. The number of benzene rings is 3. The maximum atomic E-state index is 13.0. The summed E-state index contributed by atoms with van der Waals surface area (Å²) in [7, 11) is 0. The molecule has 1 saturated heterocycles. The number of hydrogen-bond acceptors (Lipinski definition) is 4. The molecule has 0 spiro atoms. The lowest BCUT2D eigenvalue weighted by atomic mass is 9.94. The van der Waals surface area contributed by atoms with E-state index in [0.29, 0.717) is 24.2 Å². The van der Waals surface area contributed by atoms with Gasteiger partial charge in [-0.15, -0.1) is 0 Å². The van der Waals surface area contributed by atoms with E-state index in [1.807, 2.05) is 42.5 Å². The van der Waals surface area contributed by atoms with Crippen molar-refractivity contribution < 1.29 is 9.59 Å². The van der Waals surface area contributed by atoms with E-state index in [1.165, 1.54) is 10.5 Å². The Hall–Kier alpha value is -3.28. The molecule has 0 unspecified atom stereocenters. The quantitative estimate of drug-likeness (QED) is 0.564. The zero-order valence-electron chi connectivity index (χ0n) is 18.1. The van der Waals surface area contributed by atoms with Crippen molar-refractivity contribution in [2.24, 2.45) is 0 Å². The fourth-order valence-corrected chi connectivity index (χ4v) is 4.62. The summed E-state index contributed by atoms with van der Waals surface area (Å²) in [4.78, 5) is 32.3. The summed E-state index contributed by atoms with van der Waals surface area (Å²) in [5.74, 6) is -0.354. The van der Waals surface area contributed by atoms with E-state index in [2.05, 4.69) is 46.2 Å². The van der Waals surface area contributed by atoms with Crippen LogP contribution in [0.5, 0.6) is 0 Å². The lowest BCUT2D eigenvalue weighted by Gasteiger charge is -2.35. The number of rotatable bonds is 6. The second-order valence-electron chi connectivity index (χ2n) is 8.43. The molecule has 5 heteroatoms. The molecule has 0 saturated carbocycles. The molecule has 0 atom stereocenters. The molecule has 2 aliphatic rings. The first-order valence-corrected chi connectivity index (χ1v) is 11.2. The second-order valence-corrected chi connectivity index (χ2v) is 8.43. The summed E-state index contributed by atoms with van der Waals surface area (Å²) in [5, 5.41) is 1.73. The third-order valence-electron chi connectivity index (χ3n) is 6.43. The number of piperazine rings is 1. The van der Waals surface area contributed by atoms with Crippen LogP contribution < -0.4 is 0 Å². The van der Waals surface area contributed by atoms with Gasteiger partial charge in [-0.3, -0.25) is 24.3 Å². The molecule has 32 heavy (non-hydrogen) atoms. The van der Waals surface area contributed by atoms with E-state index < -0.39 is 0 Å². The molecule has 162 valence electrons. The van der Waals surface area contributed by atoms with Crippen LogP contribution in [0, 0.1) is 0 Å². The zero-order valence-corrected chi connectivity index (χ0v) is 18.1. The Morgan fingerprint density at radius 1 is 0.688 bits per heavy atom. The van der Waals surface area contributed by atoms with E-state index in [9.17, 15) is 9.59 Å². The number of hydrogen-bond donors (Lipinski definition) is 0. The standard InChI is InChI=1S/C27H27N3O2/c31-26-23-12-4-10-22-11-5-13-24(25(22)23)27(32)30(26)20-19-29-17-15-28(16-18-29)14-6-9-21-7-2-1-3-8-21/h1-13H,14-20H2. The molecule has 3 aromatic rings. The van der Waals surface area contributed by atoms with Gasteiger partial charge < -0.3 is 0 Å². The first kappa shape index (κ1) is 20.6. The minimum Gasteiger partial charge on any atom is -0.299 e. The fraction of sp³-hybridized carbons (Fsp3) is 0.259. The Morgan fingerprint density at radius 2 is 1.31 bits per heavy atom. The summed E-state index contributed by atoms with van der Waals surface area (Å²) in [5.41, 5.74) is 2.49. The minimum atomic E-state index is -0.177. The Balaban J connectivity index is 1.16. The highest BCUT2D eigenvalue weighted by molar-refractivity contribution is 6.25. The number of amides is 2. The second kappa shape index (κ2) is 9.07. The van der Waals surface area contributed by atoms with E-state index in [0.717, 1.165) is 43.5 Å². The maximum Gasteiger partial charge on any atom is 0.261 e. The first-order chi connectivity index (χ1) is 15.7. The van der Waals surface area contributed by atoms with Crippen molar-refractivity contribution >= 4 is 28.7 Å². The molecule has 0 radical (unpaired) electrons. The van der Waals surface area contributed by atoms with Gasteiger partial charge in [0.15, 0.2) is 0 Å². The normalized spacial score (nSPS) is 17.6. The van der Waals surface area contributed by atoms with Crippen LogP contribution in [0.15, 0.2) is 72.8 Å². The van der Waals surface area contributed by atoms with Crippen molar-refractivity contribution in [2.45, 2.75) is 0 Å². The molecule has 5 nitrogen and oxygen atoms in total. The van der Waals surface area contributed by atoms with Crippen LogP contribution in [-0.4, -0.2) is 72.3 Å². The smallest absolute Gasteiger partial charge is 0.261 e. The van der Waals surface area contributed by atoms with Gasteiger partial charge in [-0.1, -0.05) is 66.7 Å². The summed E-state index contributed by atoms with van der Waals surface area (Å²) in [6, 6.07) is 21.7. The fourth-order valence-electron chi connectivity index (χ4n) is 4.62. The van der Waals surface area contributed by atoms with E-state index in [4.69, 9.17) is 0 Å². The topological polar surface area (TPSA) is 43.9 Å². The highest BCUT2D eigenvalue weighted by Gasteiger charge is 2.32. The SMILES string of the molecule is O=C1c2cccc3cccc(c23)C(=O)N1CCN1CCN(CC=Cc2ccccc2)CC1. The Kier molecular flexibility index (Phi) is 5.84. The van der Waals surface area contributed by atoms with Gasteiger partial charge in [0.1, 0.15) is 0 Å². The maximum absolute atomic E-state index is 13.0. The number of carbonyl (C=O) groups excluding carboxylic acids is 2. The molecule has 0 N–H and O–H groups in total. The average Bonchev–Trinajstić information content (AvgIpc) is 2.84. The molecular formula is C27H27N3O2. The van der Waals surface area contributed by atoms with Crippen molar-refractivity contribution in [3.8, 4) is 0 Å². The van der Waals surface area contributed by atoms with Gasteiger partial charge in [0, 0.05) is 62.3 Å². The van der Waals surface area contributed by atoms with Crippen LogP contribution in [0.2, 0.25) is 0 Å². The van der Waals surface area contributed by atoms with Crippen LogP contribution in [0.25, 0.3) is 16.8 Å². The molecule has 0 aromatic heterocycles. The lowest BCUT2D eigenvalue weighted by molar-refractivity contribution is 0.0575. The molecule has 3 aromatic carbocycles. The van der Waals surface area contributed by atoms with Gasteiger partial charge in [0.2, 0.25) is 0 Å². The van der Waals surface area contributed by atoms with Crippen LogP contribution in [0.3, 0.4) is 0 Å². The minimum absolute atomic E-state index is 0.177. The third kappa shape index (κ3) is 4.09. The van der Waals surface area contributed by atoms with Gasteiger partial charge in [-0.05, 0) is 23.1 Å². The molecule has 1 fully saturated rings. The van der Waals surface area contributed by atoms with Gasteiger partial charge in [-0.25, -0.2) is 0 Å². The van der Waals surface area contributed by atoms with Gasteiger partial charge >= 0.3 is 0 Å². The zero-order chi connectivity index (χ0) is 21.9. The molecule has 0 bridgehead atoms. The van der Waals surface area contributed by atoms with Crippen molar-refractivity contribution in [1.82, 2.24) is 14.7 Å². The Bertz CT molecular complexity index is 1110. The summed E-state index contributed by atoms with van der Waals surface area (Å²) < 4.78 is 0. The van der Waals surface area contributed by atoms with E-state index in [-0.39, 0.29) is 11.8 Å². The van der Waals surface area contributed by atoms with Crippen molar-refractivity contribution in [2.75, 3.05) is 45.8 Å². The number of carbonyl (C=O) groups is 2. The summed E-state index contributed by atoms with van der Waals surface area (Å²) >= 11 is 0. The predicted molar refractivity (Wildman–Crippen MR) is 128 cm³/mol. The molecule has 2 heterocycles. The molecule has 5 rings (SSSR count). The largest absolute Gasteiger partial charge is 0.299 e. The molecule has 0 aliphatic carbocycles. The summed E-state index contributed by atoms with van der Waals surface area (Å²) in [6.07, 6.45) is 4.38. The Labute approximate surface area is 188 Å². The van der Waals surface area contributed by atoms with Gasteiger partial charge in [0.05, 0.1) is 0 Å². The third-order valence-corrected chi connectivity index (χ3v) is 6.43. The molecule has 2 amide bonds. The van der Waals surface area contributed by atoms with E-state index >= 15 is 0 Å². The van der Waals surface area contributed by atoms with Crippen molar-refractivity contribution in [1.29, 1.82) is 0 Å².